The summed E-state index contributed by atoms with van der Waals surface area (Å²) in [6.45, 7) is 2.09. The van der Waals surface area contributed by atoms with Crippen LogP contribution in [0.2, 0.25) is 0 Å². The quantitative estimate of drug-likeness (QED) is 0.776. The monoisotopic (exact) mass is 356 g/mol. The topological polar surface area (TPSA) is 93.7 Å². The van der Waals surface area contributed by atoms with Gasteiger partial charge >= 0.3 is 12.0 Å². The Labute approximate surface area is 151 Å². The van der Waals surface area contributed by atoms with Crippen molar-refractivity contribution in [3.63, 3.8) is 0 Å². The second-order valence-electron chi connectivity index (χ2n) is 5.27. The summed E-state index contributed by atoms with van der Waals surface area (Å²) < 4.78 is 10.4. The Balaban J connectivity index is 2.19. The minimum Gasteiger partial charge on any atom is -0.497 e. The van der Waals surface area contributed by atoms with Gasteiger partial charge in [-0.25, -0.2) is 9.59 Å². The predicted octanol–water partition coefficient (Wildman–Crippen LogP) is 2.44. The van der Waals surface area contributed by atoms with E-state index in [1.807, 2.05) is 0 Å². The van der Waals surface area contributed by atoms with E-state index in [-0.39, 0.29) is 5.56 Å². The fourth-order valence-electron chi connectivity index (χ4n) is 2.19. The van der Waals surface area contributed by atoms with Crippen LogP contribution in [0, 0.1) is 0 Å². The van der Waals surface area contributed by atoms with Gasteiger partial charge in [0.1, 0.15) is 5.75 Å². The van der Waals surface area contributed by atoms with Gasteiger partial charge < -0.3 is 14.8 Å². The molecule has 0 unspecified atom stereocenters. The lowest BCUT2D eigenvalue weighted by molar-refractivity contribution is -0.129. The van der Waals surface area contributed by atoms with Gasteiger partial charge in [0.15, 0.2) is 0 Å². The van der Waals surface area contributed by atoms with Crippen LogP contribution in [-0.2, 0) is 9.53 Å². The zero-order valence-electron chi connectivity index (χ0n) is 14.5. The van der Waals surface area contributed by atoms with Gasteiger partial charge in [0, 0.05) is 12.1 Å². The second kappa shape index (κ2) is 9.22. The van der Waals surface area contributed by atoms with Crippen molar-refractivity contribution in [3.05, 3.63) is 65.7 Å². The Morgan fingerprint density at radius 2 is 1.65 bits per heavy atom. The molecule has 0 aliphatic rings. The third-order valence-electron chi connectivity index (χ3n) is 3.47. The van der Waals surface area contributed by atoms with Gasteiger partial charge in [-0.3, -0.25) is 10.1 Å². The molecule has 0 saturated carbocycles. The first-order chi connectivity index (χ1) is 12.5. The summed E-state index contributed by atoms with van der Waals surface area (Å²) in [5.74, 6) is -0.827. The number of ether oxygens (including phenoxy) is 2. The predicted molar refractivity (Wildman–Crippen MR) is 94.8 cm³/mol. The van der Waals surface area contributed by atoms with Crippen LogP contribution < -0.4 is 15.4 Å². The average Bonchev–Trinajstić information content (AvgIpc) is 2.66. The largest absolute Gasteiger partial charge is 0.497 e. The van der Waals surface area contributed by atoms with Crippen LogP contribution in [0.15, 0.2) is 54.6 Å². The average molecular weight is 356 g/mol. The lowest BCUT2D eigenvalue weighted by Gasteiger charge is -2.17. The van der Waals surface area contributed by atoms with Crippen LogP contribution in [0.5, 0.6) is 5.75 Å². The standard InChI is InChI=1S/C19H20N2O5/c1-3-20-19(24)21-17(22)16(13-7-5-4-6-8-13)26-18(23)14-9-11-15(25-2)12-10-14/h4-12,16H,3H2,1-2H3,(H2,20,21,22,24)/t16-/m0/s1. The number of benzene rings is 2. The fourth-order valence-corrected chi connectivity index (χ4v) is 2.19. The molecule has 2 N–H and O–H groups in total. The van der Waals surface area contributed by atoms with Crippen molar-refractivity contribution in [3.8, 4) is 5.75 Å². The zero-order chi connectivity index (χ0) is 18.9. The van der Waals surface area contributed by atoms with Gasteiger partial charge in [-0.15, -0.1) is 0 Å². The summed E-state index contributed by atoms with van der Waals surface area (Å²) in [4.78, 5) is 36.4. The number of nitrogens with one attached hydrogen (secondary N) is 2. The molecule has 7 nitrogen and oxygen atoms in total. The van der Waals surface area contributed by atoms with Crippen LogP contribution in [0.1, 0.15) is 28.9 Å². The molecule has 1 atom stereocenters. The summed E-state index contributed by atoms with van der Waals surface area (Å²) in [6, 6.07) is 14.1. The first kappa shape index (κ1) is 19.0. The Bertz CT molecular complexity index is 759. The molecule has 26 heavy (non-hydrogen) atoms. The molecule has 2 aromatic rings. The number of esters is 1. The molecular formula is C19H20N2O5. The molecule has 2 aromatic carbocycles. The lowest BCUT2D eigenvalue weighted by Crippen LogP contribution is -2.42. The molecule has 0 radical (unpaired) electrons. The molecule has 0 aliphatic carbocycles. The molecule has 0 bridgehead atoms. The highest BCUT2D eigenvalue weighted by molar-refractivity contribution is 5.99. The van der Waals surface area contributed by atoms with E-state index in [1.165, 1.54) is 19.2 Å². The van der Waals surface area contributed by atoms with E-state index in [4.69, 9.17) is 9.47 Å². The molecule has 3 amide bonds. The third-order valence-corrected chi connectivity index (χ3v) is 3.47. The molecule has 0 aliphatic heterocycles. The maximum atomic E-state index is 12.4. The van der Waals surface area contributed by atoms with Crippen LogP contribution >= 0.6 is 0 Å². The smallest absolute Gasteiger partial charge is 0.339 e. The van der Waals surface area contributed by atoms with Crippen molar-refractivity contribution >= 4 is 17.9 Å². The normalized spacial score (nSPS) is 11.2. The fraction of sp³-hybridized carbons (Fsp3) is 0.211. The van der Waals surface area contributed by atoms with Crippen LogP contribution in [0.4, 0.5) is 4.79 Å². The summed E-state index contributed by atoms with van der Waals surface area (Å²) in [5.41, 5.74) is 0.716. The number of imide groups is 1. The first-order valence-electron chi connectivity index (χ1n) is 8.03. The molecule has 2 rings (SSSR count). The van der Waals surface area contributed by atoms with Crippen molar-refractivity contribution in [2.45, 2.75) is 13.0 Å². The van der Waals surface area contributed by atoms with Crippen LogP contribution in [0.3, 0.4) is 0 Å². The van der Waals surface area contributed by atoms with Gasteiger partial charge in [0.05, 0.1) is 12.7 Å². The number of carbonyl (C=O) groups excluding carboxylic acids is 3. The van der Waals surface area contributed by atoms with Crippen molar-refractivity contribution in [1.82, 2.24) is 10.6 Å². The molecule has 0 fully saturated rings. The zero-order valence-corrected chi connectivity index (χ0v) is 14.5. The number of rotatable bonds is 6. The Kier molecular flexibility index (Phi) is 6.73. The van der Waals surface area contributed by atoms with E-state index in [0.29, 0.717) is 17.9 Å². The number of carbonyl (C=O) groups is 3. The molecule has 136 valence electrons. The number of hydrogen-bond acceptors (Lipinski definition) is 5. The molecule has 7 heteroatoms. The molecule has 0 saturated heterocycles. The first-order valence-corrected chi connectivity index (χ1v) is 8.03. The summed E-state index contributed by atoms with van der Waals surface area (Å²) in [7, 11) is 1.52. The Morgan fingerprint density at radius 1 is 1.00 bits per heavy atom. The minimum atomic E-state index is -1.26. The number of hydrogen-bond donors (Lipinski definition) is 2. The highest BCUT2D eigenvalue weighted by Crippen LogP contribution is 2.20. The number of urea groups is 1. The van der Waals surface area contributed by atoms with Gasteiger partial charge in [-0.05, 0) is 31.2 Å². The van der Waals surface area contributed by atoms with Gasteiger partial charge in [0.2, 0.25) is 6.10 Å². The van der Waals surface area contributed by atoms with Gasteiger partial charge in [-0.2, -0.15) is 0 Å². The maximum absolute atomic E-state index is 12.4. The Hall–Kier alpha value is -3.35. The summed E-state index contributed by atoms with van der Waals surface area (Å²) in [6.07, 6.45) is -1.26. The van der Waals surface area contributed by atoms with Crippen molar-refractivity contribution in [1.29, 1.82) is 0 Å². The molecule has 0 aromatic heterocycles. The highest BCUT2D eigenvalue weighted by Gasteiger charge is 2.27. The van der Waals surface area contributed by atoms with Gasteiger partial charge in [0.25, 0.3) is 5.91 Å². The lowest BCUT2D eigenvalue weighted by atomic mass is 10.1. The van der Waals surface area contributed by atoms with E-state index in [1.54, 1.807) is 49.4 Å². The molecule has 0 heterocycles. The Morgan fingerprint density at radius 3 is 2.23 bits per heavy atom. The van der Waals surface area contributed by atoms with Crippen molar-refractivity contribution in [2.24, 2.45) is 0 Å². The van der Waals surface area contributed by atoms with Crippen molar-refractivity contribution in [2.75, 3.05) is 13.7 Å². The SMILES string of the molecule is CCNC(=O)NC(=O)[C@@H](OC(=O)c1ccc(OC)cc1)c1ccccc1. The minimum absolute atomic E-state index is 0.262. The van der Waals surface area contributed by atoms with Gasteiger partial charge in [-0.1, -0.05) is 30.3 Å². The van der Waals surface area contributed by atoms with E-state index < -0.39 is 24.0 Å². The van der Waals surface area contributed by atoms with Crippen LogP contribution in [-0.4, -0.2) is 31.6 Å². The summed E-state index contributed by atoms with van der Waals surface area (Å²) >= 11 is 0. The van der Waals surface area contributed by atoms with Crippen LogP contribution in [0.25, 0.3) is 0 Å². The number of methoxy groups -OCH3 is 1. The highest BCUT2D eigenvalue weighted by atomic mass is 16.5. The summed E-state index contributed by atoms with van der Waals surface area (Å²) in [5, 5.41) is 4.62. The molecular weight excluding hydrogens is 336 g/mol. The van der Waals surface area contributed by atoms with E-state index >= 15 is 0 Å². The third kappa shape index (κ3) is 5.07. The number of amides is 3. The van der Waals surface area contributed by atoms with Crippen molar-refractivity contribution < 1.29 is 23.9 Å². The van der Waals surface area contributed by atoms with E-state index in [0.717, 1.165) is 0 Å². The molecule has 0 spiro atoms. The van der Waals surface area contributed by atoms with E-state index in [9.17, 15) is 14.4 Å². The van der Waals surface area contributed by atoms with E-state index in [2.05, 4.69) is 10.6 Å². The maximum Gasteiger partial charge on any atom is 0.339 e. The second-order valence-corrected chi connectivity index (χ2v) is 5.27.